The molecule has 3 aromatic rings. The van der Waals surface area contributed by atoms with E-state index in [1.54, 1.807) is 12.1 Å². The number of hydrogen-bond acceptors (Lipinski definition) is 3. The number of rotatable bonds is 6. The molecule has 0 radical (unpaired) electrons. The molecule has 2 atom stereocenters. The number of nitrogens with zero attached hydrogens (tertiary/aromatic N) is 1. The van der Waals surface area contributed by atoms with E-state index >= 15 is 0 Å². The summed E-state index contributed by atoms with van der Waals surface area (Å²) >= 11 is 0. The maximum absolute atomic E-state index is 12.9. The summed E-state index contributed by atoms with van der Waals surface area (Å²) in [4.78, 5) is 5.36. The molecule has 2 fully saturated rings. The Morgan fingerprint density at radius 2 is 1.61 bits per heavy atom. The van der Waals surface area contributed by atoms with Crippen LogP contribution in [-0.2, 0) is 16.4 Å². The predicted molar refractivity (Wildman–Crippen MR) is 146 cm³/mol. The van der Waals surface area contributed by atoms with Gasteiger partial charge in [-0.15, -0.1) is 0 Å². The number of sulfonamides is 1. The van der Waals surface area contributed by atoms with Gasteiger partial charge in [0.25, 0.3) is 0 Å². The third kappa shape index (κ3) is 4.94. The summed E-state index contributed by atoms with van der Waals surface area (Å²) in [5, 5.41) is 5.72. The molecule has 1 heterocycles. The van der Waals surface area contributed by atoms with E-state index in [9.17, 15) is 8.42 Å². The van der Waals surface area contributed by atoms with Gasteiger partial charge in [-0.25, -0.2) is 13.1 Å². The van der Waals surface area contributed by atoms with Crippen molar-refractivity contribution in [3.63, 3.8) is 0 Å². The lowest BCUT2D eigenvalue weighted by atomic mass is 9.80. The Bertz CT molecular complexity index is 1380. The average Bonchev–Trinajstić information content (AvgIpc) is 3.35. The van der Waals surface area contributed by atoms with Crippen molar-refractivity contribution >= 4 is 26.6 Å². The van der Waals surface area contributed by atoms with Crippen molar-refractivity contribution in [2.24, 2.45) is 16.8 Å². The SMILES string of the molecule is O=S(=O)(NCC1CCC(CN=C2CC3c4ccccc4CCC3N2)CC1)c1ccc2ccccc2c1. The van der Waals surface area contributed by atoms with Gasteiger partial charge >= 0.3 is 0 Å². The Morgan fingerprint density at radius 1 is 0.861 bits per heavy atom. The Hall–Kier alpha value is -2.70. The van der Waals surface area contributed by atoms with Crippen LogP contribution in [0, 0.1) is 11.8 Å². The molecule has 1 saturated carbocycles. The largest absolute Gasteiger partial charge is 0.370 e. The fourth-order valence-corrected chi connectivity index (χ4v) is 7.52. The van der Waals surface area contributed by atoms with Crippen molar-refractivity contribution in [2.75, 3.05) is 13.1 Å². The van der Waals surface area contributed by atoms with Crippen molar-refractivity contribution in [3.05, 3.63) is 77.9 Å². The molecular weight excluding hydrogens is 466 g/mol. The van der Waals surface area contributed by atoms with Crippen LogP contribution in [0.15, 0.2) is 76.6 Å². The minimum absolute atomic E-state index is 0.345. The molecule has 2 N–H and O–H groups in total. The third-order valence-corrected chi connectivity index (χ3v) is 9.95. The van der Waals surface area contributed by atoms with Crippen LogP contribution in [0.5, 0.6) is 0 Å². The molecule has 0 aromatic heterocycles. The molecule has 1 aliphatic heterocycles. The van der Waals surface area contributed by atoms with Crippen molar-refractivity contribution in [2.45, 2.75) is 61.8 Å². The second-order valence-corrected chi connectivity index (χ2v) is 12.6. The van der Waals surface area contributed by atoms with Crippen LogP contribution in [0.25, 0.3) is 10.8 Å². The number of aryl methyl sites for hydroxylation is 1. The zero-order valence-corrected chi connectivity index (χ0v) is 21.5. The van der Waals surface area contributed by atoms with Gasteiger partial charge in [0, 0.05) is 31.5 Å². The number of amidine groups is 1. The highest BCUT2D eigenvalue weighted by Crippen LogP contribution is 2.38. The van der Waals surface area contributed by atoms with Gasteiger partial charge in [0.15, 0.2) is 0 Å². The number of benzene rings is 3. The second kappa shape index (κ2) is 9.98. The highest BCUT2D eigenvalue weighted by Gasteiger charge is 2.36. The van der Waals surface area contributed by atoms with Crippen LogP contribution in [0.1, 0.15) is 55.6 Å². The summed E-state index contributed by atoms with van der Waals surface area (Å²) in [5.41, 5.74) is 3.02. The van der Waals surface area contributed by atoms with Gasteiger partial charge in [0.2, 0.25) is 10.0 Å². The van der Waals surface area contributed by atoms with Crippen LogP contribution in [0.4, 0.5) is 0 Å². The highest BCUT2D eigenvalue weighted by atomic mass is 32.2. The van der Waals surface area contributed by atoms with Gasteiger partial charge < -0.3 is 5.32 Å². The normalized spacial score (nSPS) is 26.9. The van der Waals surface area contributed by atoms with Gasteiger partial charge in [-0.05, 0) is 84.4 Å². The van der Waals surface area contributed by atoms with Crippen molar-refractivity contribution in [1.29, 1.82) is 0 Å². The molecule has 1 saturated heterocycles. The molecule has 0 spiro atoms. The first-order valence-corrected chi connectivity index (χ1v) is 14.9. The topological polar surface area (TPSA) is 70.6 Å². The maximum atomic E-state index is 12.9. The summed E-state index contributed by atoms with van der Waals surface area (Å²) in [6.07, 6.45) is 7.74. The van der Waals surface area contributed by atoms with Gasteiger partial charge in [-0.3, -0.25) is 4.99 Å². The van der Waals surface area contributed by atoms with Gasteiger partial charge in [-0.2, -0.15) is 0 Å². The Kier molecular flexibility index (Phi) is 6.57. The number of hydrogen-bond donors (Lipinski definition) is 2. The minimum atomic E-state index is -3.50. The third-order valence-electron chi connectivity index (χ3n) is 8.53. The smallest absolute Gasteiger partial charge is 0.240 e. The van der Waals surface area contributed by atoms with E-state index in [4.69, 9.17) is 4.99 Å². The van der Waals surface area contributed by atoms with E-state index < -0.39 is 10.0 Å². The van der Waals surface area contributed by atoms with Crippen molar-refractivity contribution in [3.8, 4) is 0 Å². The average molecular weight is 502 g/mol. The van der Waals surface area contributed by atoms with Crippen LogP contribution in [-0.4, -0.2) is 33.4 Å². The molecule has 2 aliphatic carbocycles. The van der Waals surface area contributed by atoms with Crippen LogP contribution in [0.2, 0.25) is 0 Å². The number of nitrogens with one attached hydrogen (secondary N) is 2. The number of fused-ring (bicyclic) bond motifs is 4. The van der Waals surface area contributed by atoms with E-state index in [0.29, 0.717) is 35.2 Å². The first kappa shape index (κ1) is 23.7. The molecule has 0 amide bonds. The fourth-order valence-electron chi connectivity index (χ4n) is 6.37. The monoisotopic (exact) mass is 501 g/mol. The van der Waals surface area contributed by atoms with Crippen molar-refractivity contribution < 1.29 is 8.42 Å². The molecule has 5 nitrogen and oxygen atoms in total. The summed E-state index contributed by atoms with van der Waals surface area (Å²) in [6.45, 7) is 1.40. The molecular formula is C30H35N3O2S. The molecule has 0 bridgehead atoms. The molecule has 2 unspecified atom stereocenters. The van der Waals surface area contributed by atoms with Crippen LogP contribution in [0.3, 0.4) is 0 Å². The van der Waals surface area contributed by atoms with Gasteiger partial charge in [-0.1, -0.05) is 54.6 Å². The Morgan fingerprint density at radius 3 is 2.47 bits per heavy atom. The van der Waals surface area contributed by atoms with Gasteiger partial charge in [0.05, 0.1) is 10.7 Å². The standard InChI is InChI=1S/C30H35N3O2S/c34-36(35,26-15-13-23-5-1-2-7-25(23)17-26)32-20-22-11-9-21(10-12-22)19-31-30-18-28-27-8-4-3-6-24(27)14-16-29(28)33-30/h1-8,13,15,17,21-22,28-29,32H,9-12,14,16,18-20H2,(H,31,33). The maximum Gasteiger partial charge on any atom is 0.240 e. The zero-order chi connectivity index (χ0) is 24.5. The van der Waals surface area contributed by atoms with E-state index in [-0.39, 0.29) is 0 Å². The lowest BCUT2D eigenvalue weighted by molar-refractivity contribution is 0.280. The first-order chi connectivity index (χ1) is 17.5. The molecule has 188 valence electrons. The summed E-state index contributed by atoms with van der Waals surface area (Å²) in [5.74, 6) is 2.75. The lowest BCUT2D eigenvalue weighted by Crippen LogP contribution is -2.32. The van der Waals surface area contributed by atoms with E-state index in [2.05, 4.69) is 34.3 Å². The molecule has 3 aromatic carbocycles. The summed E-state index contributed by atoms with van der Waals surface area (Å²) < 4.78 is 28.6. The zero-order valence-electron chi connectivity index (χ0n) is 20.7. The molecule has 36 heavy (non-hydrogen) atoms. The molecule has 6 heteroatoms. The van der Waals surface area contributed by atoms with Crippen LogP contribution >= 0.6 is 0 Å². The molecule has 6 rings (SSSR count). The summed E-state index contributed by atoms with van der Waals surface area (Å²) in [7, 11) is -3.50. The van der Waals surface area contributed by atoms with Gasteiger partial charge in [0.1, 0.15) is 0 Å². The van der Waals surface area contributed by atoms with Crippen molar-refractivity contribution in [1.82, 2.24) is 10.0 Å². The first-order valence-electron chi connectivity index (χ1n) is 13.4. The van der Waals surface area contributed by atoms with E-state index in [1.807, 2.05) is 30.3 Å². The highest BCUT2D eigenvalue weighted by molar-refractivity contribution is 7.89. The number of aliphatic imine (C=N–C) groups is 1. The minimum Gasteiger partial charge on any atom is -0.370 e. The predicted octanol–water partition coefficient (Wildman–Crippen LogP) is 5.41. The van der Waals surface area contributed by atoms with E-state index in [0.717, 1.165) is 55.8 Å². The quantitative estimate of drug-likeness (QED) is 0.474. The Balaban J connectivity index is 0.989. The molecule has 3 aliphatic rings. The lowest BCUT2D eigenvalue weighted by Gasteiger charge is -2.28. The second-order valence-electron chi connectivity index (χ2n) is 10.8. The fraction of sp³-hybridized carbons (Fsp3) is 0.433. The van der Waals surface area contributed by atoms with E-state index in [1.165, 1.54) is 23.4 Å². The summed E-state index contributed by atoms with van der Waals surface area (Å²) in [6, 6.07) is 22.6. The van der Waals surface area contributed by atoms with Crippen LogP contribution < -0.4 is 10.0 Å². The Labute approximate surface area is 214 Å².